The number of carbonyl (C=O) groups excluding carboxylic acids is 1. The minimum atomic E-state index is -0.242. The monoisotopic (exact) mass is 336 g/mol. The average molecular weight is 336 g/mol. The highest BCUT2D eigenvalue weighted by Crippen LogP contribution is 2.50. The van der Waals surface area contributed by atoms with Gasteiger partial charge >= 0.3 is 0 Å². The molecule has 0 bridgehead atoms. The van der Waals surface area contributed by atoms with Crippen molar-refractivity contribution in [3.8, 4) is 0 Å². The second-order valence-electron chi connectivity index (χ2n) is 7.15. The molecule has 4 rings (SSSR count). The standard InChI is InChI=1S/C21H21FN2O/c1-13-3-4-15(9-14(13)2)20(25)24-12-21(7-8-21)18-11-23-19-10-16(22)5-6-17(18)19/h3-6,9-11,23H,7-8,12H2,1-2H3,(H,24,25). The number of aromatic amines is 1. The maximum absolute atomic E-state index is 13.4. The Balaban J connectivity index is 1.53. The van der Waals surface area contributed by atoms with Crippen molar-refractivity contribution in [2.75, 3.05) is 6.54 Å². The fourth-order valence-corrected chi connectivity index (χ4v) is 3.46. The van der Waals surface area contributed by atoms with E-state index in [0.29, 0.717) is 12.1 Å². The summed E-state index contributed by atoms with van der Waals surface area (Å²) in [5.41, 5.74) is 4.93. The molecule has 0 unspecified atom stereocenters. The van der Waals surface area contributed by atoms with E-state index >= 15 is 0 Å². The topological polar surface area (TPSA) is 44.9 Å². The van der Waals surface area contributed by atoms with Crippen molar-refractivity contribution in [2.24, 2.45) is 0 Å². The molecule has 1 amide bonds. The summed E-state index contributed by atoms with van der Waals surface area (Å²) in [6, 6.07) is 10.6. The number of benzene rings is 2. The van der Waals surface area contributed by atoms with Gasteiger partial charge in [-0.1, -0.05) is 6.07 Å². The normalized spacial score (nSPS) is 15.3. The van der Waals surface area contributed by atoms with E-state index in [0.717, 1.165) is 29.3 Å². The van der Waals surface area contributed by atoms with Crippen molar-refractivity contribution >= 4 is 16.8 Å². The molecule has 0 atom stereocenters. The van der Waals surface area contributed by atoms with Gasteiger partial charge in [0.25, 0.3) is 5.91 Å². The average Bonchev–Trinajstić information content (AvgIpc) is 3.27. The van der Waals surface area contributed by atoms with Gasteiger partial charge in [0.15, 0.2) is 0 Å². The Morgan fingerprint density at radius 3 is 2.68 bits per heavy atom. The van der Waals surface area contributed by atoms with Crippen molar-refractivity contribution in [1.29, 1.82) is 0 Å². The van der Waals surface area contributed by atoms with Gasteiger partial charge in [0, 0.05) is 34.6 Å². The SMILES string of the molecule is Cc1ccc(C(=O)NCC2(c3c[nH]c4cc(F)ccc34)CC2)cc1C. The first-order chi connectivity index (χ1) is 12.0. The number of fused-ring (bicyclic) bond motifs is 1. The molecule has 1 fully saturated rings. The zero-order valence-corrected chi connectivity index (χ0v) is 14.4. The summed E-state index contributed by atoms with van der Waals surface area (Å²) >= 11 is 0. The Hall–Kier alpha value is -2.62. The number of halogens is 1. The highest BCUT2D eigenvalue weighted by molar-refractivity contribution is 5.94. The largest absolute Gasteiger partial charge is 0.361 e. The third-order valence-corrected chi connectivity index (χ3v) is 5.43. The van der Waals surface area contributed by atoms with Crippen LogP contribution >= 0.6 is 0 Å². The van der Waals surface area contributed by atoms with Crippen LogP contribution in [0.4, 0.5) is 4.39 Å². The van der Waals surface area contributed by atoms with Crippen LogP contribution in [0.1, 0.15) is 39.9 Å². The number of nitrogens with one attached hydrogen (secondary N) is 2. The van der Waals surface area contributed by atoms with Gasteiger partial charge in [0.1, 0.15) is 5.82 Å². The van der Waals surface area contributed by atoms with Gasteiger partial charge in [-0.15, -0.1) is 0 Å². The number of hydrogen-bond acceptors (Lipinski definition) is 1. The zero-order valence-electron chi connectivity index (χ0n) is 14.4. The predicted octanol–water partition coefficient (Wildman–Crippen LogP) is 4.39. The molecule has 1 aromatic heterocycles. The van der Waals surface area contributed by atoms with Gasteiger partial charge in [-0.3, -0.25) is 4.79 Å². The van der Waals surface area contributed by atoms with E-state index in [1.165, 1.54) is 23.3 Å². The second-order valence-corrected chi connectivity index (χ2v) is 7.15. The van der Waals surface area contributed by atoms with Crippen LogP contribution in [0.5, 0.6) is 0 Å². The van der Waals surface area contributed by atoms with Crippen molar-refractivity contribution in [2.45, 2.75) is 32.1 Å². The van der Waals surface area contributed by atoms with Crippen LogP contribution in [0.2, 0.25) is 0 Å². The molecule has 0 spiro atoms. The van der Waals surface area contributed by atoms with Crippen LogP contribution in [0.3, 0.4) is 0 Å². The maximum Gasteiger partial charge on any atom is 0.251 e. The molecule has 1 heterocycles. The zero-order chi connectivity index (χ0) is 17.6. The summed E-state index contributed by atoms with van der Waals surface area (Å²) in [5, 5.41) is 4.13. The van der Waals surface area contributed by atoms with Crippen LogP contribution in [0.25, 0.3) is 10.9 Å². The molecule has 1 aliphatic rings. The fraction of sp³-hybridized carbons (Fsp3) is 0.286. The number of aromatic nitrogens is 1. The molecule has 4 heteroatoms. The van der Waals surface area contributed by atoms with Crippen LogP contribution in [-0.2, 0) is 5.41 Å². The van der Waals surface area contributed by atoms with Crippen LogP contribution < -0.4 is 5.32 Å². The van der Waals surface area contributed by atoms with Crippen LogP contribution in [0.15, 0.2) is 42.6 Å². The summed E-state index contributed by atoms with van der Waals surface area (Å²) in [5.74, 6) is -0.283. The molecule has 2 N–H and O–H groups in total. The van der Waals surface area contributed by atoms with Gasteiger partial charge in [-0.05, 0) is 73.7 Å². The van der Waals surface area contributed by atoms with Crippen LogP contribution in [0, 0.1) is 19.7 Å². The number of rotatable bonds is 4. The molecule has 25 heavy (non-hydrogen) atoms. The summed E-state index contributed by atoms with van der Waals surface area (Å²) in [6.45, 7) is 4.65. The Bertz CT molecular complexity index is 969. The van der Waals surface area contributed by atoms with E-state index in [4.69, 9.17) is 0 Å². The van der Waals surface area contributed by atoms with Gasteiger partial charge in [0.05, 0.1) is 0 Å². The smallest absolute Gasteiger partial charge is 0.251 e. The summed E-state index contributed by atoms with van der Waals surface area (Å²) < 4.78 is 13.4. The third kappa shape index (κ3) is 2.82. The van der Waals surface area contributed by atoms with Crippen molar-refractivity contribution in [3.63, 3.8) is 0 Å². The lowest BCUT2D eigenvalue weighted by atomic mass is 9.95. The lowest BCUT2D eigenvalue weighted by Crippen LogP contribution is -2.32. The number of H-pyrrole nitrogens is 1. The molecule has 1 aliphatic carbocycles. The van der Waals surface area contributed by atoms with Crippen molar-refractivity contribution in [3.05, 3.63) is 70.7 Å². The van der Waals surface area contributed by atoms with E-state index in [-0.39, 0.29) is 17.1 Å². The molecular weight excluding hydrogens is 315 g/mol. The lowest BCUT2D eigenvalue weighted by molar-refractivity contribution is 0.0949. The predicted molar refractivity (Wildman–Crippen MR) is 97.4 cm³/mol. The highest BCUT2D eigenvalue weighted by atomic mass is 19.1. The quantitative estimate of drug-likeness (QED) is 0.729. The van der Waals surface area contributed by atoms with Crippen molar-refractivity contribution in [1.82, 2.24) is 10.3 Å². The molecule has 1 saturated carbocycles. The Kier molecular flexibility index (Phi) is 3.64. The molecule has 0 saturated heterocycles. The van der Waals surface area contributed by atoms with Gasteiger partial charge in [-0.25, -0.2) is 4.39 Å². The minimum absolute atomic E-state index is 0.0362. The van der Waals surface area contributed by atoms with E-state index in [9.17, 15) is 9.18 Å². The molecule has 2 aromatic carbocycles. The summed E-state index contributed by atoms with van der Waals surface area (Å²) in [7, 11) is 0. The molecule has 128 valence electrons. The third-order valence-electron chi connectivity index (χ3n) is 5.43. The first kappa shape index (κ1) is 15.9. The molecular formula is C21H21FN2O. The first-order valence-electron chi connectivity index (χ1n) is 8.61. The minimum Gasteiger partial charge on any atom is -0.361 e. The number of aryl methyl sites for hydroxylation is 2. The molecule has 0 radical (unpaired) electrons. The molecule has 3 nitrogen and oxygen atoms in total. The van der Waals surface area contributed by atoms with Crippen LogP contribution in [-0.4, -0.2) is 17.4 Å². The first-order valence-corrected chi connectivity index (χ1v) is 8.61. The molecule has 3 aromatic rings. The van der Waals surface area contributed by atoms with E-state index in [1.807, 2.05) is 44.3 Å². The Morgan fingerprint density at radius 1 is 1.16 bits per heavy atom. The number of amides is 1. The maximum atomic E-state index is 13.4. The van der Waals surface area contributed by atoms with Gasteiger partial charge in [-0.2, -0.15) is 0 Å². The summed E-state index contributed by atoms with van der Waals surface area (Å²) in [4.78, 5) is 15.6. The Labute approximate surface area is 146 Å². The van der Waals surface area contributed by atoms with Gasteiger partial charge in [0.2, 0.25) is 0 Å². The Morgan fingerprint density at radius 2 is 1.96 bits per heavy atom. The van der Waals surface area contributed by atoms with E-state index in [2.05, 4.69) is 10.3 Å². The highest BCUT2D eigenvalue weighted by Gasteiger charge is 2.45. The van der Waals surface area contributed by atoms with E-state index in [1.54, 1.807) is 0 Å². The fourth-order valence-electron chi connectivity index (χ4n) is 3.46. The summed E-state index contributed by atoms with van der Waals surface area (Å²) in [6.07, 6.45) is 4.02. The molecule has 0 aliphatic heterocycles. The number of hydrogen-bond donors (Lipinski definition) is 2. The van der Waals surface area contributed by atoms with Crippen molar-refractivity contribution < 1.29 is 9.18 Å². The number of carbonyl (C=O) groups is 1. The lowest BCUT2D eigenvalue weighted by Gasteiger charge is -2.16. The van der Waals surface area contributed by atoms with E-state index < -0.39 is 0 Å². The second kappa shape index (κ2) is 5.73. The van der Waals surface area contributed by atoms with Gasteiger partial charge < -0.3 is 10.3 Å².